The number of aromatic hydroxyl groups is 5. The lowest BCUT2D eigenvalue weighted by Crippen LogP contribution is -2.63. The molecule has 10 atom stereocenters. The topological polar surface area (TPSA) is 302 Å². The van der Waals surface area contributed by atoms with Gasteiger partial charge in [-0.1, -0.05) is 24.3 Å². The first kappa shape index (κ1) is 45.1. The highest BCUT2D eigenvalue weighted by Gasteiger charge is 2.50. The van der Waals surface area contributed by atoms with Gasteiger partial charge in [-0.3, -0.25) is 4.79 Å². The predicted octanol–water partition coefficient (Wildman–Crippen LogP) is 2.55. The molecule has 2 aliphatic rings. The molecule has 0 spiro atoms. The second kappa shape index (κ2) is 19.2. The molecule has 9 N–H and O–H groups in total. The van der Waals surface area contributed by atoms with Crippen LogP contribution in [-0.4, -0.2) is 126 Å². The fraction of sp³-hybridized carbons (Fsp3) is 0.267. The van der Waals surface area contributed by atoms with Crippen LogP contribution in [0.3, 0.4) is 0 Å². The predicted molar refractivity (Wildman–Crippen MR) is 221 cm³/mol. The fourth-order valence-electron chi connectivity index (χ4n) is 6.92. The Morgan fingerprint density at radius 2 is 1.16 bits per heavy atom. The molecule has 2 fully saturated rings. The van der Waals surface area contributed by atoms with Crippen LogP contribution in [0, 0.1) is 0 Å². The van der Waals surface area contributed by atoms with Crippen molar-refractivity contribution in [3.63, 3.8) is 0 Å². The second-order valence-corrected chi connectivity index (χ2v) is 14.8. The lowest BCUT2D eigenvalue weighted by Gasteiger charge is -2.43. The number of fused-ring (bicyclic) bond motifs is 1. The van der Waals surface area contributed by atoms with Crippen LogP contribution in [0.4, 0.5) is 0 Å². The number of carbonyl (C=O) groups is 2. The van der Waals surface area contributed by atoms with Gasteiger partial charge in [-0.15, -0.1) is 0 Å². The van der Waals surface area contributed by atoms with Crippen LogP contribution in [-0.2, 0) is 33.3 Å². The van der Waals surface area contributed by atoms with Crippen molar-refractivity contribution in [2.75, 3.05) is 6.61 Å². The van der Waals surface area contributed by atoms with Crippen LogP contribution in [0.1, 0.15) is 18.1 Å². The number of ether oxygens (including phenoxy) is 6. The van der Waals surface area contributed by atoms with Crippen molar-refractivity contribution in [3.05, 3.63) is 118 Å². The highest BCUT2D eigenvalue weighted by molar-refractivity contribution is 5.89. The normalized spacial score (nSPS) is 26.0. The molecule has 7 rings (SSSR count). The van der Waals surface area contributed by atoms with Crippen molar-refractivity contribution in [1.29, 1.82) is 0 Å². The van der Waals surface area contributed by atoms with Crippen LogP contribution in [0.2, 0.25) is 0 Å². The summed E-state index contributed by atoms with van der Waals surface area (Å²) in [7, 11) is 0. The third-order valence-electron chi connectivity index (χ3n) is 10.2. The molecule has 3 heterocycles. The van der Waals surface area contributed by atoms with Crippen molar-refractivity contribution in [2.24, 2.45) is 0 Å². The Morgan fingerprint density at radius 1 is 0.641 bits per heavy atom. The number of esters is 2. The average Bonchev–Trinajstić information content (AvgIpc) is 3.26. The molecule has 4 aromatic carbocycles. The van der Waals surface area contributed by atoms with Crippen LogP contribution in [0.15, 0.2) is 106 Å². The lowest BCUT2D eigenvalue weighted by atomic mass is 9.98. The summed E-state index contributed by atoms with van der Waals surface area (Å²) in [6.45, 7) is 0.709. The molecule has 0 bridgehead atoms. The van der Waals surface area contributed by atoms with Gasteiger partial charge in [0.2, 0.25) is 17.5 Å². The number of aliphatic hydroxyl groups excluding tert-OH is 4. The van der Waals surface area contributed by atoms with Gasteiger partial charge in [-0.2, -0.15) is 0 Å². The minimum absolute atomic E-state index is 0.0202. The van der Waals surface area contributed by atoms with E-state index in [0.29, 0.717) is 11.1 Å². The molecule has 19 nitrogen and oxygen atoms in total. The first-order valence-corrected chi connectivity index (χ1v) is 19.6. The van der Waals surface area contributed by atoms with E-state index in [4.69, 9.17) is 32.8 Å². The summed E-state index contributed by atoms with van der Waals surface area (Å²) < 4.78 is 40.4. The Hall–Kier alpha value is -6.97. The maximum atomic E-state index is 14.0. The number of rotatable bonds is 12. The van der Waals surface area contributed by atoms with Gasteiger partial charge in [0.15, 0.2) is 24.3 Å². The SMILES string of the molecule is CC1OC(OCC2OC(Oc3c(-c4ccc(O)cc4)oc4cc(O)cc(O)c4c3=O)C(O)C(O)C2OC(=O)C=Cc2ccc(O)cc2)C(O)C(O)C1OC(=O)C=Cc1ccc(O)cc1. The third kappa shape index (κ3) is 10.1. The van der Waals surface area contributed by atoms with E-state index >= 15 is 0 Å². The Labute approximate surface area is 362 Å². The van der Waals surface area contributed by atoms with E-state index in [1.165, 1.54) is 79.7 Å². The largest absolute Gasteiger partial charge is 0.508 e. The summed E-state index contributed by atoms with van der Waals surface area (Å²) in [5, 5.41) is 94.3. The van der Waals surface area contributed by atoms with Crippen molar-refractivity contribution >= 4 is 35.1 Å². The summed E-state index contributed by atoms with van der Waals surface area (Å²) in [6.07, 6.45) is -12.4. The molecule has 0 amide bonds. The van der Waals surface area contributed by atoms with Gasteiger partial charge in [-0.05, 0) is 78.7 Å². The standard InChI is InChI=1S/C45H42O19/c1-21-40(62-32(51)16-6-22-2-10-25(46)11-3-22)36(54)38(56)44(59-21)58-20-31-42(63-33(52)17-7-23-4-12-26(47)13-5-23)37(55)39(57)45(61-31)64-43-35(53)34-29(50)18-28(49)19-30(34)60-41(43)24-8-14-27(48)15-9-24/h2-19,21,31,36-40,42,44-50,54-57H,20H2,1H3. The Kier molecular flexibility index (Phi) is 13.5. The van der Waals surface area contributed by atoms with Gasteiger partial charge < -0.3 is 78.8 Å². The minimum atomic E-state index is -2.08. The Morgan fingerprint density at radius 3 is 1.73 bits per heavy atom. The molecule has 0 saturated carbocycles. The minimum Gasteiger partial charge on any atom is -0.508 e. The monoisotopic (exact) mass is 886 g/mol. The molecule has 336 valence electrons. The zero-order valence-corrected chi connectivity index (χ0v) is 33.5. The molecule has 19 heteroatoms. The molecule has 2 saturated heterocycles. The van der Waals surface area contributed by atoms with E-state index in [1.807, 2.05) is 0 Å². The van der Waals surface area contributed by atoms with Crippen molar-refractivity contribution in [1.82, 2.24) is 0 Å². The smallest absolute Gasteiger partial charge is 0.331 e. The molecule has 0 radical (unpaired) electrons. The average molecular weight is 887 g/mol. The summed E-state index contributed by atoms with van der Waals surface area (Å²) in [5.74, 6) is -4.20. The second-order valence-electron chi connectivity index (χ2n) is 14.8. The molecule has 1 aromatic heterocycles. The number of benzene rings is 4. The maximum absolute atomic E-state index is 14.0. The van der Waals surface area contributed by atoms with Gasteiger partial charge in [-0.25, -0.2) is 9.59 Å². The number of hydrogen-bond donors (Lipinski definition) is 9. The molecule has 2 aliphatic heterocycles. The fourth-order valence-corrected chi connectivity index (χ4v) is 6.92. The molecular weight excluding hydrogens is 844 g/mol. The van der Waals surface area contributed by atoms with Gasteiger partial charge >= 0.3 is 11.9 Å². The zero-order chi connectivity index (χ0) is 45.8. The Balaban J connectivity index is 1.13. The summed E-state index contributed by atoms with van der Waals surface area (Å²) in [4.78, 5) is 39.8. The first-order valence-electron chi connectivity index (χ1n) is 19.6. The van der Waals surface area contributed by atoms with Crippen LogP contribution in [0.5, 0.6) is 34.5 Å². The van der Waals surface area contributed by atoms with Gasteiger partial charge in [0.05, 0.1) is 12.7 Å². The number of phenolic OH excluding ortho intramolecular Hbond substituents is 5. The van der Waals surface area contributed by atoms with Crippen LogP contribution in [0.25, 0.3) is 34.4 Å². The maximum Gasteiger partial charge on any atom is 0.331 e. The van der Waals surface area contributed by atoms with Gasteiger partial charge in [0, 0.05) is 29.8 Å². The summed E-state index contributed by atoms with van der Waals surface area (Å²) in [6, 6.07) is 18.9. The van der Waals surface area contributed by atoms with E-state index < -0.39 is 108 Å². The van der Waals surface area contributed by atoms with Crippen LogP contribution >= 0.6 is 0 Å². The first-order chi connectivity index (χ1) is 30.6. The highest BCUT2D eigenvalue weighted by atomic mass is 16.7. The highest BCUT2D eigenvalue weighted by Crippen LogP contribution is 2.38. The van der Waals surface area contributed by atoms with Gasteiger partial charge in [0.1, 0.15) is 70.2 Å². The molecule has 0 aliphatic carbocycles. The number of carbonyl (C=O) groups excluding carboxylic acids is 2. The quantitative estimate of drug-likeness (QED) is 0.0642. The molecule has 64 heavy (non-hydrogen) atoms. The van der Waals surface area contributed by atoms with Crippen molar-refractivity contribution < 1.29 is 88.4 Å². The van der Waals surface area contributed by atoms with Gasteiger partial charge in [0.25, 0.3) is 0 Å². The van der Waals surface area contributed by atoms with E-state index in [9.17, 15) is 60.3 Å². The zero-order valence-electron chi connectivity index (χ0n) is 33.5. The number of hydrogen-bond acceptors (Lipinski definition) is 19. The van der Waals surface area contributed by atoms with Crippen LogP contribution < -0.4 is 10.2 Å². The van der Waals surface area contributed by atoms with E-state index in [0.717, 1.165) is 24.3 Å². The molecule has 5 aromatic rings. The Bertz CT molecular complexity index is 2570. The van der Waals surface area contributed by atoms with E-state index in [1.54, 1.807) is 12.1 Å². The molecular formula is C45H42O19. The summed E-state index contributed by atoms with van der Waals surface area (Å²) >= 11 is 0. The lowest BCUT2D eigenvalue weighted by molar-refractivity contribution is -0.319. The molecule has 10 unspecified atom stereocenters. The summed E-state index contributed by atoms with van der Waals surface area (Å²) in [5.41, 5.74) is -0.103. The van der Waals surface area contributed by atoms with E-state index in [2.05, 4.69) is 0 Å². The number of phenols is 5. The van der Waals surface area contributed by atoms with E-state index in [-0.39, 0.29) is 34.2 Å². The third-order valence-corrected chi connectivity index (χ3v) is 10.2. The number of aliphatic hydroxyl groups is 4. The van der Waals surface area contributed by atoms with Crippen molar-refractivity contribution in [2.45, 2.75) is 68.3 Å². The van der Waals surface area contributed by atoms with Crippen molar-refractivity contribution in [3.8, 4) is 45.8 Å².